The molecule has 3 N–H and O–H groups in total. The quantitative estimate of drug-likeness (QED) is 0.187. The van der Waals surface area contributed by atoms with Gasteiger partial charge in [0, 0.05) is 33.2 Å². The lowest BCUT2D eigenvalue weighted by Crippen LogP contribution is -2.41. The molecular formula is C23H34IN5O2S. The number of aliphatic imine (C=N–C) groups is 1. The Bertz CT molecular complexity index is 957. The van der Waals surface area contributed by atoms with Crippen LogP contribution in [-0.4, -0.2) is 52.5 Å². The highest BCUT2D eigenvalue weighted by molar-refractivity contribution is 14.0. The molecule has 0 atom stereocenters. The van der Waals surface area contributed by atoms with Crippen LogP contribution in [-0.2, 0) is 23.1 Å². The Labute approximate surface area is 209 Å². The molecule has 0 aromatic heterocycles. The van der Waals surface area contributed by atoms with Crippen molar-refractivity contribution in [1.82, 2.24) is 20.3 Å². The van der Waals surface area contributed by atoms with E-state index in [-0.39, 0.29) is 35.4 Å². The molecule has 7 nitrogen and oxygen atoms in total. The lowest BCUT2D eigenvalue weighted by Gasteiger charge is -2.15. The van der Waals surface area contributed by atoms with Crippen molar-refractivity contribution < 1.29 is 8.42 Å². The van der Waals surface area contributed by atoms with Gasteiger partial charge in [0.25, 0.3) is 0 Å². The number of nitrogens with zero attached hydrogens (tertiary/aromatic N) is 2. The Morgan fingerprint density at radius 2 is 1.56 bits per heavy atom. The normalized spacial score (nSPS) is 14.8. The molecule has 0 amide bonds. The number of hydrogen-bond donors (Lipinski definition) is 3. The van der Waals surface area contributed by atoms with Crippen molar-refractivity contribution in [2.45, 2.75) is 37.8 Å². The molecule has 0 aliphatic carbocycles. The van der Waals surface area contributed by atoms with Gasteiger partial charge < -0.3 is 10.6 Å². The van der Waals surface area contributed by atoms with Crippen LogP contribution in [0.2, 0.25) is 0 Å². The van der Waals surface area contributed by atoms with E-state index < -0.39 is 10.0 Å². The van der Waals surface area contributed by atoms with Crippen molar-refractivity contribution in [3.63, 3.8) is 0 Å². The van der Waals surface area contributed by atoms with Gasteiger partial charge in [0.15, 0.2) is 5.96 Å². The highest BCUT2D eigenvalue weighted by atomic mass is 127. The van der Waals surface area contributed by atoms with E-state index >= 15 is 0 Å². The molecule has 2 aromatic carbocycles. The first-order valence-corrected chi connectivity index (χ1v) is 12.3. The molecular weight excluding hydrogens is 537 g/mol. The van der Waals surface area contributed by atoms with Gasteiger partial charge in [0.05, 0.1) is 4.90 Å². The monoisotopic (exact) mass is 571 g/mol. The summed E-state index contributed by atoms with van der Waals surface area (Å²) < 4.78 is 27.2. The number of guanidine groups is 1. The van der Waals surface area contributed by atoms with E-state index in [1.807, 2.05) is 6.92 Å². The lowest BCUT2D eigenvalue weighted by molar-refractivity contribution is 0.331. The summed E-state index contributed by atoms with van der Waals surface area (Å²) >= 11 is 0. The third-order valence-corrected chi connectivity index (χ3v) is 6.83. The van der Waals surface area contributed by atoms with Gasteiger partial charge in [-0.2, -0.15) is 0 Å². The van der Waals surface area contributed by atoms with Crippen LogP contribution in [0.5, 0.6) is 0 Å². The summed E-state index contributed by atoms with van der Waals surface area (Å²) in [5.41, 5.74) is 3.54. The number of aryl methyl sites for hydroxylation is 1. The molecule has 0 radical (unpaired) electrons. The van der Waals surface area contributed by atoms with Crippen molar-refractivity contribution >= 4 is 40.0 Å². The van der Waals surface area contributed by atoms with Crippen molar-refractivity contribution in [1.29, 1.82) is 0 Å². The van der Waals surface area contributed by atoms with Gasteiger partial charge in [-0.05, 0) is 56.1 Å². The molecule has 1 aliphatic rings. The molecule has 1 fully saturated rings. The standard InChI is InChI=1S/C23H33N5O2S.HI/c1-19-5-11-22(12-6-19)31(29,30)27-14-13-25-23(24-2)26-17-20-7-9-21(10-8-20)18-28-15-3-4-16-28;/h5-12,27H,3-4,13-18H2,1-2H3,(H2,24,25,26);1H. The zero-order chi connectivity index (χ0) is 22.1. The fourth-order valence-electron chi connectivity index (χ4n) is 3.53. The van der Waals surface area contributed by atoms with Gasteiger partial charge in [-0.25, -0.2) is 13.1 Å². The molecule has 1 heterocycles. The zero-order valence-corrected chi connectivity index (χ0v) is 21.9. The lowest BCUT2D eigenvalue weighted by atomic mass is 10.1. The van der Waals surface area contributed by atoms with Crippen LogP contribution in [0.4, 0.5) is 0 Å². The smallest absolute Gasteiger partial charge is 0.240 e. The number of nitrogens with one attached hydrogen (secondary N) is 3. The largest absolute Gasteiger partial charge is 0.355 e. The van der Waals surface area contributed by atoms with Gasteiger partial charge in [-0.1, -0.05) is 42.0 Å². The van der Waals surface area contributed by atoms with Crippen LogP contribution in [0.3, 0.4) is 0 Å². The minimum Gasteiger partial charge on any atom is -0.355 e. The molecule has 176 valence electrons. The van der Waals surface area contributed by atoms with Crippen molar-refractivity contribution in [2.24, 2.45) is 4.99 Å². The molecule has 0 bridgehead atoms. The number of halogens is 1. The van der Waals surface area contributed by atoms with E-state index in [4.69, 9.17) is 0 Å². The Balaban J connectivity index is 0.00000363. The topological polar surface area (TPSA) is 85.8 Å². The molecule has 1 saturated heterocycles. The highest BCUT2D eigenvalue weighted by Gasteiger charge is 2.13. The van der Waals surface area contributed by atoms with E-state index in [1.165, 1.54) is 37.1 Å². The Kier molecular flexibility index (Phi) is 10.9. The van der Waals surface area contributed by atoms with Gasteiger partial charge in [-0.3, -0.25) is 9.89 Å². The summed E-state index contributed by atoms with van der Waals surface area (Å²) in [6.07, 6.45) is 2.61. The van der Waals surface area contributed by atoms with Crippen molar-refractivity contribution in [2.75, 3.05) is 33.2 Å². The van der Waals surface area contributed by atoms with Gasteiger partial charge in [0.2, 0.25) is 10.0 Å². The van der Waals surface area contributed by atoms with Crippen LogP contribution < -0.4 is 15.4 Å². The Morgan fingerprint density at radius 1 is 0.938 bits per heavy atom. The molecule has 32 heavy (non-hydrogen) atoms. The Hall–Kier alpha value is -1.69. The second-order valence-corrected chi connectivity index (χ2v) is 9.63. The SMILES string of the molecule is CN=C(NCCNS(=O)(=O)c1ccc(C)cc1)NCc1ccc(CN2CCCC2)cc1.I. The number of likely N-dealkylation sites (tertiary alicyclic amines) is 1. The number of hydrogen-bond acceptors (Lipinski definition) is 4. The maximum atomic E-state index is 12.3. The first-order valence-electron chi connectivity index (χ1n) is 10.8. The molecule has 2 aromatic rings. The molecule has 9 heteroatoms. The average molecular weight is 572 g/mol. The third kappa shape index (κ3) is 8.34. The summed E-state index contributed by atoms with van der Waals surface area (Å²) in [7, 11) is -1.80. The zero-order valence-electron chi connectivity index (χ0n) is 18.8. The summed E-state index contributed by atoms with van der Waals surface area (Å²) in [4.78, 5) is 6.97. The van der Waals surface area contributed by atoms with Crippen LogP contribution in [0.1, 0.15) is 29.5 Å². The summed E-state index contributed by atoms with van der Waals surface area (Å²) in [5, 5.41) is 6.40. The van der Waals surface area contributed by atoms with Crippen LogP contribution in [0.25, 0.3) is 0 Å². The van der Waals surface area contributed by atoms with Crippen LogP contribution in [0, 0.1) is 6.92 Å². The maximum absolute atomic E-state index is 12.3. The van der Waals surface area contributed by atoms with Crippen LogP contribution >= 0.6 is 24.0 Å². The second-order valence-electron chi connectivity index (χ2n) is 7.86. The summed E-state index contributed by atoms with van der Waals surface area (Å²) in [6.45, 7) is 6.70. The van der Waals surface area contributed by atoms with Gasteiger partial charge in [-0.15, -0.1) is 24.0 Å². The molecule has 1 aliphatic heterocycles. The predicted molar refractivity (Wildman–Crippen MR) is 141 cm³/mol. The van der Waals surface area contributed by atoms with Gasteiger partial charge in [0.1, 0.15) is 0 Å². The van der Waals surface area contributed by atoms with Gasteiger partial charge >= 0.3 is 0 Å². The highest BCUT2D eigenvalue weighted by Crippen LogP contribution is 2.13. The minimum atomic E-state index is -3.50. The van der Waals surface area contributed by atoms with E-state index in [0.717, 1.165) is 12.1 Å². The Morgan fingerprint density at radius 3 is 2.19 bits per heavy atom. The summed E-state index contributed by atoms with van der Waals surface area (Å²) in [6, 6.07) is 15.5. The predicted octanol–water partition coefficient (Wildman–Crippen LogP) is 2.85. The minimum absolute atomic E-state index is 0. The van der Waals surface area contributed by atoms with Crippen LogP contribution in [0.15, 0.2) is 58.4 Å². The third-order valence-electron chi connectivity index (χ3n) is 5.35. The number of benzene rings is 2. The summed E-state index contributed by atoms with van der Waals surface area (Å²) in [5.74, 6) is 0.635. The fraction of sp³-hybridized carbons (Fsp3) is 0.435. The van der Waals surface area contributed by atoms with E-state index in [1.54, 1.807) is 31.3 Å². The first kappa shape index (κ1) is 26.6. The van der Waals surface area contributed by atoms with E-state index in [0.29, 0.717) is 19.0 Å². The number of sulfonamides is 1. The first-order chi connectivity index (χ1) is 15.0. The molecule has 0 saturated carbocycles. The second kappa shape index (κ2) is 13.1. The average Bonchev–Trinajstić information content (AvgIpc) is 3.28. The van der Waals surface area contributed by atoms with E-state index in [2.05, 4.69) is 49.5 Å². The fourth-order valence-corrected chi connectivity index (χ4v) is 4.57. The van der Waals surface area contributed by atoms with E-state index in [9.17, 15) is 8.42 Å². The molecule has 0 spiro atoms. The number of rotatable bonds is 9. The van der Waals surface area contributed by atoms with Crippen molar-refractivity contribution in [3.05, 3.63) is 65.2 Å². The van der Waals surface area contributed by atoms with Crippen molar-refractivity contribution in [3.8, 4) is 0 Å². The molecule has 0 unspecified atom stereocenters. The molecule has 3 rings (SSSR count). The maximum Gasteiger partial charge on any atom is 0.240 e.